The number of fused-ring (bicyclic) bond motifs is 2. The van der Waals surface area contributed by atoms with E-state index >= 15 is 0 Å². The van der Waals surface area contributed by atoms with Gasteiger partial charge in [-0.25, -0.2) is 8.42 Å². The van der Waals surface area contributed by atoms with Crippen LogP contribution >= 0.6 is 0 Å². The maximum absolute atomic E-state index is 14.3. The summed E-state index contributed by atoms with van der Waals surface area (Å²) in [5, 5.41) is 21.7. The second-order valence-corrected chi connectivity index (χ2v) is 19.2. The summed E-state index contributed by atoms with van der Waals surface area (Å²) in [4.78, 5) is 46.6. The minimum Gasteiger partial charge on any atom is -0.390 e. The zero-order valence-corrected chi connectivity index (χ0v) is 32.7. The Morgan fingerprint density at radius 1 is 0.962 bits per heavy atom. The number of hydrogen-bond acceptors (Lipinski definition) is 7. The number of amides is 3. The second kappa shape index (κ2) is 16.6. The van der Waals surface area contributed by atoms with Crippen LogP contribution in [-0.4, -0.2) is 95.0 Å². The number of carbonyl (C=O) groups excluding carboxylic acids is 3. The number of sulfone groups is 1. The number of nitrogens with one attached hydrogen (secondary N) is 4. The Balaban J connectivity index is 1.40. The predicted molar refractivity (Wildman–Crippen MR) is 210 cm³/mol. The van der Waals surface area contributed by atoms with E-state index in [1.807, 2.05) is 75.4 Å². The molecule has 0 bridgehead atoms. The monoisotopic (exact) mass is 747 g/mol. The summed E-state index contributed by atoms with van der Waals surface area (Å²) in [5.74, 6) is -0.585. The van der Waals surface area contributed by atoms with Gasteiger partial charge in [-0.15, -0.1) is 0 Å². The first-order chi connectivity index (χ1) is 24.9. The van der Waals surface area contributed by atoms with Gasteiger partial charge in [0.25, 0.3) is 0 Å². The zero-order chi connectivity index (χ0) is 38.6. The van der Waals surface area contributed by atoms with Crippen molar-refractivity contribution in [2.75, 3.05) is 19.3 Å². The number of benzene rings is 2. The largest absolute Gasteiger partial charge is 0.390 e. The van der Waals surface area contributed by atoms with Gasteiger partial charge in [-0.2, -0.15) is 0 Å². The molecule has 11 nitrogen and oxygen atoms in total. The van der Waals surface area contributed by atoms with Crippen molar-refractivity contribution < 1.29 is 27.9 Å². The van der Waals surface area contributed by atoms with Gasteiger partial charge in [0, 0.05) is 48.1 Å². The lowest BCUT2D eigenvalue weighted by atomic mass is 9.72. The maximum Gasteiger partial charge on any atom is 0.244 e. The van der Waals surface area contributed by atoms with Crippen LogP contribution in [0.5, 0.6) is 0 Å². The van der Waals surface area contributed by atoms with Crippen LogP contribution in [-0.2, 0) is 30.6 Å². The van der Waals surface area contributed by atoms with E-state index in [1.165, 1.54) is 19.9 Å². The lowest BCUT2D eigenvalue weighted by Gasteiger charge is -2.47. The molecule has 1 aliphatic heterocycles. The third-order valence-corrected chi connectivity index (χ3v) is 13.2. The number of rotatable bonds is 13. The van der Waals surface area contributed by atoms with Crippen LogP contribution in [0.15, 0.2) is 66.9 Å². The molecule has 1 saturated carbocycles. The van der Waals surface area contributed by atoms with Crippen LogP contribution in [0.3, 0.4) is 0 Å². The molecule has 3 aromatic rings. The number of para-hydroxylation sites is 1. The number of hydrogen-bond donors (Lipinski definition) is 5. The summed E-state index contributed by atoms with van der Waals surface area (Å²) in [5.41, 5.74) is 2.09. The second-order valence-electron chi connectivity index (χ2n) is 16.6. The van der Waals surface area contributed by atoms with E-state index in [1.54, 1.807) is 12.3 Å². The van der Waals surface area contributed by atoms with Crippen molar-refractivity contribution in [2.45, 2.75) is 108 Å². The van der Waals surface area contributed by atoms with E-state index in [2.05, 4.69) is 25.8 Å². The summed E-state index contributed by atoms with van der Waals surface area (Å²) >= 11 is 0. The fourth-order valence-electron chi connectivity index (χ4n) is 7.77. The van der Waals surface area contributed by atoms with E-state index < -0.39 is 56.2 Å². The molecule has 2 unspecified atom stereocenters. The van der Waals surface area contributed by atoms with Crippen molar-refractivity contribution in [1.29, 1.82) is 0 Å². The Labute approximate surface area is 314 Å². The Hall–Kier alpha value is -4.00. The first-order valence-electron chi connectivity index (χ1n) is 18.8. The smallest absolute Gasteiger partial charge is 0.244 e. The molecule has 2 heterocycles. The SMILES string of the molecule is CC(C)(C)NC(=O)[C@@H]1CC2CCCCC2CN1C[C@@H](O)[C@H](Cc1ccccc1)NC(=O)[C@@H](NC(=O)/C=C/c1c[nH]c2ccccc12)C(C)(C)S(C)(=O)=O. The number of aromatic amines is 1. The average molecular weight is 748 g/mol. The molecule has 5 N–H and O–H groups in total. The molecule has 1 saturated heterocycles. The third-order valence-electron chi connectivity index (χ3n) is 11.1. The van der Waals surface area contributed by atoms with Crippen LogP contribution in [0.2, 0.25) is 0 Å². The standard InChI is InChI=1S/C41H57N5O6S/c1-40(2,3)45-38(49)34-23-28-16-10-11-17-30(28)25-46(34)26-35(47)33(22-27-14-8-7-9-15-27)43-39(50)37(41(4,5)53(6,51)52)44-36(48)21-20-29-24-42-32-19-13-12-18-31(29)32/h7-9,12-15,18-21,24,28,30,33-35,37,42,47H,10-11,16-17,22-23,25-26H2,1-6H3,(H,43,50)(H,44,48)(H,45,49)/b21-20+/t28?,30?,33-,34-,35+,37+/m0/s1. The van der Waals surface area contributed by atoms with Crippen molar-refractivity contribution in [1.82, 2.24) is 25.8 Å². The number of carbonyl (C=O) groups is 3. The lowest BCUT2D eigenvalue weighted by molar-refractivity contribution is -0.133. The van der Waals surface area contributed by atoms with Crippen molar-refractivity contribution in [3.63, 3.8) is 0 Å². The normalized spacial score (nSPS) is 21.8. The van der Waals surface area contributed by atoms with Crippen LogP contribution in [0.1, 0.15) is 77.8 Å². The molecule has 1 aliphatic carbocycles. The molecule has 2 aliphatic rings. The van der Waals surface area contributed by atoms with E-state index in [4.69, 9.17) is 0 Å². The number of nitrogens with zero attached hydrogens (tertiary/aromatic N) is 1. The molecular weight excluding hydrogens is 691 g/mol. The molecule has 2 aromatic carbocycles. The lowest BCUT2D eigenvalue weighted by Crippen LogP contribution is -2.64. The Morgan fingerprint density at radius 2 is 1.62 bits per heavy atom. The summed E-state index contributed by atoms with van der Waals surface area (Å²) in [7, 11) is -3.88. The number of H-pyrrole nitrogens is 1. The highest BCUT2D eigenvalue weighted by Gasteiger charge is 2.46. The highest BCUT2D eigenvalue weighted by molar-refractivity contribution is 7.92. The molecule has 288 valence electrons. The summed E-state index contributed by atoms with van der Waals surface area (Å²) < 4.78 is 24.5. The van der Waals surface area contributed by atoms with Gasteiger partial charge in [-0.1, -0.05) is 67.8 Å². The van der Waals surface area contributed by atoms with E-state index in [0.29, 0.717) is 24.8 Å². The number of aliphatic hydroxyl groups is 1. The zero-order valence-electron chi connectivity index (χ0n) is 31.9. The first kappa shape index (κ1) is 40.2. The Kier molecular flexibility index (Phi) is 12.6. The molecule has 5 rings (SSSR count). The summed E-state index contributed by atoms with van der Waals surface area (Å²) in [6.07, 6.45) is 9.99. The van der Waals surface area contributed by atoms with Gasteiger partial charge >= 0.3 is 0 Å². The number of aliphatic hydroxyl groups excluding tert-OH is 1. The van der Waals surface area contributed by atoms with Crippen molar-refractivity contribution in [2.24, 2.45) is 11.8 Å². The van der Waals surface area contributed by atoms with Crippen LogP contribution in [0, 0.1) is 11.8 Å². The Bertz CT molecular complexity index is 1880. The number of β-amino-alcohol motifs (C(OH)–C–C–N with tert-alkyl or cyclic N) is 1. The summed E-state index contributed by atoms with van der Waals surface area (Å²) in [6, 6.07) is 14.3. The molecule has 2 fully saturated rings. The molecule has 6 atom stereocenters. The van der Waals surface area contributed by atoms with Crippen molar-refractivity contribution in [3.05, 3.63) is 78.0 Å². The minimum atomic E-state index is -3.88. The van der Waals surface area contributed by atoms with Gasteiger partial charge in [0.15, 0.2) is 9.84 Å². The van der Waals surface area contributed by atoms with Crippen molar-refractivity contribution >= 4 is 44.5 Å². The predicted octanol–water partition coefficient (Wildman–Crippen LogP) is 4.37. The minimum absolute atomic E-state index is 0.0734. The van der Waals surface area contributed by atoms with Crippen LogP contribution in [0.4, 0.5) is 0 Å². The van der Waals surface area contributed by atoms with Crippen LogP contribution < -0.4 is 16.0 Å². The van der Waals surface area contributed by atoms with Gasteiger partial charge in [0.05, 0.1) is 22.9 Å². The Morgan fingerprint density at radius 3 is 2.30 bits per heavy atom. The molecule has 3 amide bonds. The maximum atomic E-state index is 14.3. The quantitative estimate of drug-likeness (QED) is 0.162. The third kappa shape index (κ3) is 10.2. The average Bonchev–Trinajstić information content (AvgIpc) is 3.51. The molecule has 0 spiro atoms. The van der Waals surface area contributed by atoms with Gasteiger partial charge in [-0.3, -0.25) is 19.3 Å². The highest BCUT2D eigenvalue weighted by Crippen LogP contribution is 2.39. The number of aromatic nitrogens is 1. The van der Waals surface area contributed by atoms with E-state index in [-0.39, 0.29) is 18.9 Å². The number of piperidine rings is 1. The molecule has 0 radical (unpaired) electrons. The fourth-order valence-corrected chi connectivity index (χ4v) is 8.36. The van der Waals surface area contributed by atoms with E-state index in [9.17, 15) is 27.9 Å². The molecular formula is C41H57N5O6S. The molecule has 53 heavy (non-hydrogen) atoms. The first-order valence-corrected chi connectivity index (χ1v) is 20.6. The topological polar surface area (TPSA) is 161 Å². The van der Waals surface area contributed by atoms with Gasteiger partial charge < -0.3 is 26.0 Å². The fraction of sp³-hybridized carbons (Fsp3) is 0.537. The van der Waals surface area contributed by atoms with E-state index in [0.717, 1.165) is 54.0 Å². The molecule has 12 heteroatoms. The van der Waals surface area contributed by atoms with Gasteiger partial charge in [0.2, 0.25) is 17.7 Å². The van der Waals surface area contributed by atoms with Crippen LogP contribution in [0.25, 0.3) is 17.0 Å². The van der Waals surface area contributed by atoms with Gasteiger partial charge in [0.1, 0.15) is 6.04 Å². The molecule has 1 aromatic heterocycles. The van der Waals surface area contributed by atoms with Gasteiger partial charge in [-0.05, 0) is 89.0 Å². The number of likely N-dealkylation sites (tertiary alicyclic amines) is 1. The van der Waals surface area contributed by atoms with Crippen molar-refractivity contribution in [3.8, 4) is 0 Å². The summed E-state index contributed by atoms with van der Waals surface area (Å²) in [6.45, 7) is 9.46. The highest BCUT2D eigenvalue weighted by atomic mass is 32.2.